The molecule has 0 fully saturated rings. The first-order chi connectivity index (χ1) is 8.86. The highest BCUT2D eigenvalue weighted by Gasteiger charge is 2.13. The van der Waals surface area contributed by atoms with E-state index in [-0.39, 0.29) is 11.1 Å². The topological polar surface area (TPSA) is 37.4 Å². The third kappa shape index (κ3) is 5.03. The zero-order valence-corrected chi connectivity index (χ0v) is 13.3. The summed E-state index contributed by atoms with van der Waals surface area (Å²) in [4.78, 5) is 2.48. The highest BCUT2D eigenvalue weighted by atomic mass is 35.5. The lowest BCUT2D eigenvalue weighted by Gasteiger charge is -2.20. The van der Waals surface area contributed by atoms with Gasteiger partial charge in [-0.25, -0.2) is 8.42 Å². The molecule has 19 heavy (non-hydrogen) atoms. The van der Waals surface area contributed by atoms with Crippen molar-refractivity contribution in [2.75, 3.05) is 24.2 Å². The molecule has 1 unspecified atom stereocenters. The average molecular weight is 304 g/mol. The highest BCUT2D eigenvalue weighted by Crippen LogP contribution is 2.19. The number of hydrogen-bond donors (Lipinski definition) is 0. The molecule has 0 saturated carbocycles. The number of halogens is 1. The van der Waals surface area contributed by atoms with E-state index >= 15 is 0 Å². The van der Waals surface area contributed by atoms with E-state index in [4.69, 9.17) is 11.6 Å². The molecule has 0 aromatic heterocycles. The zero-order valence-electron chi connectivity index (χ0n) is 11.8. The second kappa shape index (κ2) is 7.15. The molecule has 0 amide bonds. The summed E-state index contributed by atoms with van der Waals surface area (Å²) in [5.41, 5.74) is 1.01. The Kier molecular flexibility index (Phi) is 6.14. The van der Waals surface area contributed by atoms with Crippen LogP contribution in [0.4, 0.5) is 5.69 Å². The van der Waals surface area contributed by atoms with Crippen LogP contribution in [0.2, 0.25) is 0 Å². The van der Waals surface area contributed by atoms with E-state index in [1.54, 1.807) is 12.1 Å². The Bertz CT molecular complexity index is 483. The van der Waals surface area contributed by atoms with Crippen molar-refractivity contribution in [1.29, 1.82) is 0 Å². The van der Waals surface area contributed by atoms with E-state index in [0.717, 1.165) is 18.7 Å². The molecule has 0 aliphatic heterocycles. The van der Waals surface area contributed by atoms with Crippen LogP contribution in [0.5, 0.6) is 0 Å². The first kappa shape index (κ1) is 16.3. The van der Waals surface area contributed by atoms with Crippen molar-refractivity contribution in [3.05, 3.63) is 24.3 Å². The SMILES string of the molecule is CCCS(=O)(=O)c1ccc(N(C)CCC(C)Cl)cc1. The van der Waals surface area contributed by atoms with Gasteiger partial charge >= 0.3 is 0 Å². The van der Waals surface area contributed by atoms with Gasteiger partial charge in [0.25, 0.3) is 0 Å². The predicted octanol–water partition coefficient (Wildman–Crippen LogP) is 3.32. The van der Waals surface area contributed by atoms with Crippen LogP contribution < -0.4 is 4.90 Å². The Hall–Kier alpha value is -0.740. The summed E-state index contributed by atoms with van der Waals surface area (Å²) in [5.74, 6) is 0.200. The van der Waals surface area contributed by atoms with Crippen LogP contribution >= 0.6 is 11.6 Å². The molecule has 1 aromatic carbocycles. The molecular weight excluding hydrogens is 282 g/mol. The molecule has 1 rings (SSSR count). The van der Waals surface area contributed by atoms with E-state index in [9.17, 15) is 8.42 Å². The van der Waals surface area contributed by atoms with Gasteiger partial charge < -0.3 is 4.90 Å². The van der Waals surface area contributed by atoms with Gasteiger partial charge in [0.05, 0.1) is 10.6 Å². The van der Waals surface area contributed by atoms with Crippen molar-refractivity contribution in [3.8, 4) is 0 Å². The fourth-order valence-corrected chi connectivity index (χ4v) is 3.22. The lowest BCUT2D eigenvalue weighted by atomic mass is 10.2. The normalized spacial score (nSPS) is 13.3. The van der Waals surface area contributed by atoms with Crippen LogP contribution in [-0.2, 0) is 9.84 Å². The number of rotatable bonds is 7. The van der Waals surface area contributed by atoms with Crippen molar-refractivity contribution in [1.82, 2.24) is 0 Å². The maximum Gasteiger partial charge on any atom is 0.178 e. The number of anilines is 1. The van der Waals surface area contributed by atoms with Crippen LogP contribution in [0, 0.1) is 0 Å². The molecule has 1 aromatic rings. The van der Waals surface area contributed by atoms with Crippen molar-refractivity contribution in [3.63, 3.8) is 0 Å². The Balaban J connectivity index is 2.76. The van der Waals surface area contributed by atoms with Crippen LogP contribution in [0.1, 0.15) is 26.7 Å². The van der Waals surface area contributed by atoms with E-state index in [2.05, 4.69) is 4.90 Å². The third-order valence-corrected chi connectivity index (χ3v) is 5.13. The van der Waals surface area contributed by atoms with Gasteiger partial charge in [0, 0.05) is 24.7 Å². The average Bonchev–Trinajstić information content (AvgIpc) is 2.36. The lowest BCUT2D eigenvalue weighted by molar-refractivity contribution is 0.594. The van der Waals surface area contributed by atoms with E-state index in [0.29, 0.717) is 11.3 Å². The fraction of sp³-hybridized carbons (Fsp3) is 0.571. The summed E-state index contributed by atoms with van der Waals surface area (Å²) < 4.78 is 23.8. The minimum atomic E-state index is -3.12. The van der Waals surface area contributed by atoms with Crippen molar-refractivity contribution >= 4 is 27.1 Å². The molecule has 0 bridgehead atoms. The van der Waals surface area contributed by atoms with Crippen LogP contribution in [0.25, 0.3) is 0 Å². The third-order valence-electron chi connectivity index (χ3n) is 2.97. The Morgan fingerprint density at radius 1 is 1.26 bits per heavy atom. The van der Waals surface area contributed by atoms with Gasteiger partial charge in [0.1, 0.15) is 0 Å². The smallest absolute Gasteiger partial charge is 0.178 e. The highest BCUT2D eigenvalue weighted by molar-refractivity contribution is 7.91. The fourth-order valence-electron chi connectivity index (χ4n) is 1.80. The molecular formula is C14H22ClNO2S. The zero-order chi connectivity index (χ0) is 14.5. The molecule has 108 valence electrons. The standard InChI is InChI=1S/C14H22ClNO2S/c1-4-11-19(17,18)14-7-5-13(6-8-14)16(3)10-9-12(2)15/h5-8,12H,4,9-11H2,1-3H3. The minimum absolute atomic E-state index is 0.145. The monoisotopic (exact) mass is 303 g/mol. The van der Waals surface area contributed by atoms with Crippen molar-refractivity contribution in [2.45, 2.75) is 37.0 Å². The van der Waals surface area contributed by atoms with Gasteiger partial charge in [0.2, 0.25) is 0 Å². The first-order valence-corrected chi connectivity index (χ1v) is 8.63. The number of nitrogens with zero attached hydrogens (tertiary/aromatic N) is 1. The molecule has 0 radical (unpaired) electrons. The molecule has 3 nitrogen and oxygen atoms in total. The summed E-state index contributed by atoms with van der Waals surface area (Å²) in [6.07, 6.45) is 1.53. The quantitative estimate of drug-likeness (QED) is 0.725. The number of benzene rings is 1. The molecule has 0 saturated heterocycles. The van der Waals surface area contributed by atoms with Crippen LogP contribution in [0.3, 0.4) is 0 Å². The molecule has 0 aliphatic rings. The maximum absolute atomic E-state index is 11.9. The number of hydrogen-bond acceptors (Lipinski definition) is 3. The number of alkyl halides is 1. The largest absolute Gasteiger partial charge is 0.375 e. The Morgan fingerprint density at radius 3 is 2.32 bits per heavy atom. The van der Waals surface area contributed by atoms with Gasteiger partial charge in [-0.3, -0.25) is 0 Å². The van der Waals surface area contributed by atoms with E-state index < -0.39 is 9.84 Å². The van der Waals surface area contributed by atoms with Gasteiger partial charge in [0.15, 0.2) is 9.84 Å². The molecule has 0 heterocycles. The van der Waals surface area contributed by atoms with E-state index in [1.165, 1.54) is 0 Å². The summed E-state index contributed by atoms with van der Waals surface area (Å²) in [7, 11) is -1.14. The molecule has 0 aliphatic carbocycles. The van der Waals surface area contributed by atoms with Gasteiger partial charge in [-0.05, 0) is 44.0 Å². The molecule has 1 atom stereocenters. The Labute approximate surface area is 121 Å². The van der Waals surface area contributed by atoms with Crippen molar-refractivity contribution < 1.29 is 8.42 Å². The summed E-state index contributed by atoms with van der Waals surface area (Å²) in [6.45, 7) is 4.69. The van der Waals surface area contributed by atoms with E-state index in [1.807, 2.05) is 33.0 Å². The first-order valence-electron chi connectivity index (χ1n) is 6.55. The second-order valence-electron chi connectivity index (χ2n) is 4.80. The minimum Gasteiger partial charge on any atom is -0.375 e. The predicted molar refractivity (Wildman–Crippen MR) is 82.0 cm³/mol. The Morgan fingerprint density at radius 2 is 1.84 bits per heavy atom. The van der Waals surface area contributed by atoms with Gasteiger partial charge in [-0.15, -0.1) is 11.6 Å². The van der Waals surface area contributed by atoms with Crippen LogP contribution in [0.15, 0.2) is 29.2 Å². The lowest BCUT2D eigenvalue weighted by Crippen LogP contribution is -2.20. The number of sulfone groups is 1. The molecule has 5 heteroatoms. The van der Waals surface area contributed by atoms with Gasteiger partial charge in [-0.2, -0.15) is 0 Å². The second-order valence-corrected chi connectivity index (χ2v) is 7.66. The maximum atomic E-state index is 11.9. The molecule has 0 spiro atoms. The molecule has 0 N–H and O–H groups in total. The summed E-state index contributed by atoms with van der Waals surface area (Å²) >= 11 is 5.92. The van der Waals surface area contributed by atoms with Crippen LogP contribution in [-0.4, -0.2) is 33.1 Å². The van der Waals surface area contributed by atoms with Crippen molar-refractivity contribution in [2.24, 2.45) is 0 Å². The summed E-state index contributed by atoms with van der Waals surface area (Å²) in [6, 6.07) is 7.06. The summed E-state index contributed by atoms with van der Waals surface area (Å²) in [5, 5.41) is 0.145. The van der Waals surface area contributed by atoms with Gasteiger partial charge in [-0.1, -0.05) is 6.92 Å².